The lowest BCUT2D eigenvalue weighted by molar-refractivity contribution is 0.262. The van der Waals surface area contributed by atoms with E-state index in [9.17, 15) is 13.2 Å². The number of carbonyl (C=O) groups is 1. The first-order valence-electron chi connectivity index (χ1n) is 9.23. The van der Waals surface area contributed by atoms with Gasteiger partial charge in [-0.2, -0.15) is 4.31 Å². The quantitative estimate of drug-likeness (QED) is 0.773. The van der Waals surface area contributed by atoms with Crippen molar-refractivity contribution < 1.29 is 17.9 Å². The fourth-order valence-corrected chi connectivity index (χ4v) is 4.68. The predicted octanol–water partition coefficient (Wildman–Crippen LogP) is 3.44. The van der Waals surface area contributed by atoms with Crippen LogP contribution in [0.5, 0.6) is 5.75 Å². The summed E-state index contributed by atoms with van der Waals surface area (Å²) in [7, 11) is -1.65. The highest BCUT2D eigenvalue weighted by Gasteiger charge is 2.26. The maximum atomic E-state index is 12.3. The Bertz CT molecular complexity index is 942. The second-order valence-electron chi connectivity index (χ2n) is 6.69. The van der Waals surface area contributed by atoms with Crippen LogP contribution in [-0.2, 0) is 23.0 Å². The fourth-order valence-electron chi connectivity index (χ4n) is 3.20. The molecule has 1 aliphatic rings. The van der Waals surface area contributed by atoms with Crippen LogP contribution in [0.25, 0.3) is 0 Å². The lowest BCUT2D eigenvalue weighted by atomic mass is 10.0. The normalized spacial score (nSPS) is 14.2. The smallest absolute Gasteiger partial charge is 0.323 e. The molecule has 2 aromatic carbocycles. The molecule has 0 bridgehead atoms. The number of benzene rings is 2. The largest absolute Gasteiger partial charge is 0.497 e. The van der Waals surface area contributed by atoms with Crippen LogP contribution in [0.2, 0.25) is 0 Å². The number of hydrogen-bond donors (Lipinski definition) is 2. The molecule has 1 heterocycles. The van der Waals surface area contributed by atoms with Crippen molar-refractivity contribution >= 4 is 27.4 Å². The van der Waals surface area contributed by atoms with Crippen molar-refractivity contribution in [1.82, 2.24) is 4.31 Å². The van der Waals surface area contributed by atoms with Crippen molar-refractivity contribution in [3.8, 4) is 5.75 Å². The lowest BCUT2D eigenvalue weighted by Gasteiger charge is -2.28. The second-order valence-corrected chi connectivity index (χ2v) is 8.78. The van der Waals surface area contributed by atoms with Gasteiger partial charge < -0.3 is 15.4 Å². The van der Waals surface area contributed by atoms with Gasteiger partial charge in [-0.1, -0.05) is 13.0 Å². The molecule has 0 radical (unpaired) electrons. The van der Waals surface area contributed by atoms with Gasteiger partial charge in [-0.15, -0.1) is 0 Å². The molecule has 3 rings (SSSR count). The van der Waals surface area contributed by atoms with Crippen LogP contribution in [0.1, 0.15) is 24.5 Å². The minimum Gasteiger partial charge on any atom is -0.497 e. The number of methoxy groups -OCH3 is 1. The molecule has 2 amide bonds. The summed E-state index contributed by atoms with van der Waals surface area (Å²) in [4.78, 5) is 12.3. The van der Waals surface area contributed by atoms with Gasteiger partial charge in [0.1, 0.15) is 5.75 Å². The van der Waals surface area contributed by atoms with E-state index in [1.165, 1.54) is 4.31 Å². The molecule has 7 nitrogen and oxygen atoms in total. The van der Waals surface area contributed by atoms with Gasteiger partial charge in [-0.25, -0.2) is 13.2 Å². The number of rotatable bonds is 6. The molecule has 0 atom stereocenters. The summed E-state index contributed by atoms with van der Waals surface area (Å²) in [5.41, 5.74) is 3.31. The van der Waals surface area contributed by atoms with Crippen molar-refractivity contribution in [3.63, 3.8) is 0 Å². The molecule has 0 saturated carbocycles. The number of carbonyl (C=O) groups excluding carboxylic acids is 1. The Morgan fingerprint density at radius 2 is 1.75 bits per heavy atom. The maximum absolute atomic E-state index is 12.3. The molecule has 0 unspecified atom stereocenters. The van der Waals surface area contributed by atoms with Crippen LogP contribution < -0.4 is 15.4 Å². The molecular weight excluding hydrogens is 378 g/mol. The monoisotopic (exact) mass is 403 g/mol. The molecule has 0 saturated heterocycles. The Hall–Kier alpha value is -2.58. The zero-order valence-corrected chi connectivity index (χ0v) is 16.9. The Balaban J connectivity index is 1.67. The molecule has 150 valence electrons. The first-order valence-corrected chi connectivity index (χ1v) is 10.8. The molecule has 8 heteroatoms. The number of urea groups is 1. The number of nitrogens with one attached hydrogen (secondary N) is 2. The minimum atomic E-state index is -3.24. The van der Waals surface area contributed by atoms with Crippen LogP contribution in [0, 0.1) is 0 Å². The summed E-state index contributed by atoms with van der Waals surface area (Å²) in [6.45, 7) is 2.70. The molecule has 0 fully saturated rings. The van der Waals surface area contributed by atoms with Crippen molar-refractivity contribution in [2.75, 3.05) is 30.0 Å². The van der Waals surface area contributed by atoms with Crippen LogP contribution in [0.4, 0.5) is 16.2 Å². The number of nitrogens with zero attached hydrogens (tertiary/aromatic N) is 1. The van der Waals surface area contributed by atoms with Gasteiger partial charge in [0, 0.05) is 24.5 Å². The van der Waals surface area contributed by atoms with E-state index in [0.717, 1.165) is 11.1 Å². The highest BCUT2D eigenvalue weighted by atomic mass is 32.2. The molecule has 28 heavy (non-hydrogen) atoms. The maximum Gasteiger partial charge on any atom is 0.323 e. The zero-order chi connectivity index (χ0) is 20.1. The van der Waals surface area contributed by atoms with E-state index in [1.807, 2.05) is 25.1 Å². The summed E-state index contributed by atoms with van der Waals surface area (Å²) in [5.74, 6) is 0.869. The summed E-state index contributed by atoms with van der Waals surface area (Å²) in [5, 5.41) is 5.56. The molecule has 0 aromatic heterocycles. The van der Waals surface area contributed by atoms with Gasteiger partial charge in [-0.3, -0.25) is 0 Å². The van der Waals surface area contributed by atoms with E-state index in [4.69, 9.17) is 4.74 Å². The van der Waals surface area contributed by atoms with Gasteiger partial charge in [0.25, 0.3) is 0 Å². The third-order valence-electron chi connectivity index (χ3n) is 4.64. The minimum absolute atomic E-state index is 0.157. The van der Waals surface area contributed by atoms with Crippen LogP contribution in [-0.4, -0.2) is 38.2 Å². The number of amides is 2. The van der Waals surface area contributed by atoms with Gasteiger partial charge in [0.2, 0.25) is 10.0 Å². The van der Waals surface area contributed by atoms with Gasteiger partial charge in [0.15, 0.2) is 0 Å². The average molecular weight is 404 g/mol. The van der Waals surface area contributed by atoms with Crippen LogP contribution >= 0.6 is 0 Å². The summed E-state index contributed by atoms with van der Waals surface area (Å²) >= 11 is 0. The van der Waals surface area contributed by atoms with E-state index in [-0.39, 0.29) is 11.8 Å². The Kier molecular flexibility index (Phi) is 6.21. The third kappa shape index (κ3) is 4.82. The summed E-state index contributed by atoms with van der Waals surface area (Å²) in [6, 6.07) is 12.3. The molecule has 2 N–H and O–H groups in total. The van der Waals surface area contributed by atoms with Crippen molar-refractivity contribution in [2.24, 2.45) is 0 Å². The first-order chi connectivity index (χ1) is 13.4. The number of hydrogen-bond acceptors (Lipinski definition) is 4. The van der Waals surface area contributed by atoms with E-state index >= 15 is 0 Å². The number of ether oxygens (including phenoxy) is 1. The van der Waals surface area contributed by atoms with Crippen LogP contribution in [0.15, 0.2) is 42.5 Å². The number of anilines is 2. The average Bonchev–Trinajstić information content (AvgIpc) is 2.68. The molecule has 1 aliphatic heterocycles. The lowest BCUT2D eigenvalue weighted by Crippen LogP contribution is -2.37. The summed E-state index contributed by atoms with van der Waals surface area (Å²) in [6.07, 6.45) is 1.27. The van der Waals surface area contributed by atoms with Gasteiger partial charge in [-0.05, 0) is 60.4 Å². The van der Waals surface area contributed by atoms with Crippen LogP contribution in [0.3, 0.4) is 0 Å². The Morgan fingerprint density at radius 1 is 1.07 bits per heavy atom. The molecule has 0 aliphatic carbocycles. The third-order valence-corrected chi connectivity index (χ3v) is 6.67. The highest BCUT2D eigenvalue weighted by Crippen LogP contribution is 2.25. The number of fused-ring (bicyclic) bond motifs is 1. The van der Waals surface area contributed by atoms with Gasteiger partial charge in [0.05, 0.1) is 12.9 Å². The van der Waals surface area contributed by atoms with Crippen molar-refractivity contribution in [2.45, 2.75) is 26.3 Å². The van der Waals surface area contributed by atoms with Crippen molar-refractivity contribution in [3.05, 3.63) is 53.6 Å². The summed E-state index contributed by atoms with van der Waals surface area (Å²) < 4.78 is 31.3. The standard InChI is InChI=1S/C20H25N3O4S/c1-3-12-28(25,26)23-11-10-15-4-5-18(13-16(15)14-23)22-20(24)21-17-6-8-19(27-2)9-7-17/h4-9,13H,3,10-12,14H2,1-2H3,(H2,21,22,24). The predicted molar refractivity (Wildman–Crippen MR) is 110 cm³/mol. The molecule has 0 spiro atoms. The topological polar surface area (TPSA) is 87.7 Å². The molecular formula is C20H25N3O4S. The van der Waals surface area contributed by atoms with E-state index in [2.05, 4.69) is 10.6 Å². The van der Waals surface area contributed by atoms with Gasteiger partial charge >= 0.3 is 6.03 Å². The fraction of sp³-hybridized carbons (Fsp3) is 0.350. The van der Waals surface area contributed by atoms with E-state index < -0.39 is 10.0 Å². The highest BCUT2D eigenvalue weighted by molar-refractivity contribution is 7.89. The van der Waals surface area contributed by atoms with E-state index in [0.29, 0.717) is 43.1 Å². The Morgan fingerprint density at radius 3 is 2.43 bits per heavy atom. The first kappa shape index (κ1) is 20.2. The second kappa shape index (κ2) is 8.62. The zero-order valence-electron chi connectivity index (χ0n) is 16.1. The Labute approximate surface area is 165 Å². The van der Waals surface area contributed by atoms with Crippen molar-refractivity contribution in [1.29, 1.82) is 0 Å². The number of sulfonamides is 1. The molecule has 2 aromatic rings. The van der Waals surface area contributed by atoms with E-state index in [1.54, 1.807) is 31.4 Å². The SMILES string of the molecule is CCCS(=O)(=O)N1CCc2ccc(NC(=O)Nc3ccc(OC)cc3)cc2C1.